The maximum atomic E-state index is 12.2. The first kappa shape index (κ1) is 17.1. The number of aryl methyl sites for hydroxylation is 1. The summed E-state index contributed by atoms with van der Waals surface area (Å²) >= 11 is 0. The molecule has 0 aliphatic heterocycles. The fourth-order valence-electron chi connectivity index (χ4n) is 2.64. The van der Waals surface area contributed by atoms with Gasteiger partial charge in [-0.3, -0.25) is 4.79 Å². The normalized spacial score (nSPS) is 11.1. The number of methoxy groups -OCH3 is 1. The Morgan fingerprint density at radius 3 is 2.26 bits per heavy atom. The fraction of sp³-hybridized carbons (Fsp3) is 0.350. The van der Waals surface area contributed by atoms with Crippen molar-refractivity contribution in [3.8, 4) is 5.75 Å². The number of nitrogens with one attached hydrogen (secondary N) is 1. The van der Waals surface area contributed by atoms with Crippen LogP contribution < -0.4 is 10.1 Å². The quantitative estimate of drug-likeness (QED) is 0.845. The third kappa shape index (κ3) is 5.78. The van der Waals surface area contributed by atoms with Crippen LogP contribution in [0.5, 0.6) is 5.75 Å². The van der Waals surface area contributed by atoms with E-state index in [1.165, 1.54) is 5.56 Å². The molecule has 0 saturated carbocycles. The lowest BCUT2D eigenvalue weighted by atomic mass is 9.94. The molecule has 2 aromatic rings. The Morgan fingerprint density at radius 2 is 1.65 bits per heavy atom. The lowest BCUT2D eigenvalue weighted by Crippen LogP contribution is -2.45. The van der Waals surface area contributed by atoms with Gasteiger partial charge in [-0.1, -0.05) is 42.5 Å². The molecule has 0 aliphatic carbocycles. The average molecular weight is 311 g/mol. The Morgan fingerprint density at radius 1 is 1.00 bits per heavy atom. The van der Waals surface area contributed by atoms with Gasteiger partial charge in [0.2, 0.25) is 5.91 Å². The first-order chi connectivity index (χ1) is 11.0. The van der Waals surface area contributed by atoms with Crippen LogP contribution in [0.1, 0.15) is 31.4 Å². The summed E-state index contributed by atoms with van der Waals surface area (Å²) in [5, 5.41) is 3.13. The molecule has 0 spiro atoms. The van der Waals surface area contributed by atoms with Gasteiger partial charge in [0.25, 0.3) is 0 Å². The highest BCUT2D eigenvalue weighted by atomic mass is 16.5. The van der Waals surface area contributed by atoms with Gasteiger partial charge in [0.15, 0.2) is 0 Å². The van der Waals surface area contributed by atoms with Crippen LogP contribution >= 0.6 is 0 Å². The molecular weight excluding hydrogens is 286 g/mol. The Labute approximate surface area is 138 Å². The molecule has 0 aliphatic rings. The standard InChI is InChI=1S/C20H25NO2/c1-20(2,15-17-7-5-4-6-8-17)21-19(22)14-11-16-9-12-18(23-3)13-10-16/h4-10,12-13H,11,14-15H2,1-3H3,(H,21,22). The largest absolute Gasteiger partial charge is 0.497 e. The van der Waals surface area contributed by atoms with E-state index in [1.807, 2.05) is 42.5 Å². The van der Waals surface area contributed by atoms with E-state index in [2.05, 4.69) is 31.3 Å². The molecule has 0 saturated heterocycles. The van der Waals surface area contributed by atoms with E-state index in [1.54, 1.807) is 7.11 Å². The summed E-state index contributed by atoms with van der Waals surface area (Å²) in [5.41, 5.74) is 2.12. The molecule has 0 unspecified atom stereocenters. The Balaban J connectivity index is 1.83. The second-order valence-corrected chi connectivity index (χ2v) is 6.44. The number of amides is 1. The maximum absolute atomic E-state index is 12.2. The number of rotatable bonds is 7. The van der Waals surface area contributed by atoms with E-state index in [4.69, 9.17) is 4.74 Å². The molecule has 3 heteroatoms. The Bertz CT molecular complexity index is 618. The highest BCUT2D eigenvalue weighted by molar-refractivity contribution is 5.77. The van der Waals surface area contributed by atoms with Gasteiger partial charge in [0.1, 0.15) is 5.75 Å². The number of carbonyl (C=O) groups excluding carboxylic acids is 1. The third-order valence-electron chi connectivity index (χ3n) is 3.77. The van der Waals surface area contributed by atoms with Crippen LogP contribution in [0, 0.1) is 0 Å². The molecule has 0 radical (unpaired) electrons. The summed E-state index contributed by atoms with van der Waals surface area (Å²) in [6, 6.07) is 18.1. The smallest absolute Gasteiger partial charge is 0.220 e. The molecule has 122 valence electrons. The summed E-state index contributed by atoms with van der Waals surface area (Å²) in [6.45, 7) is 4.12. The minimum Gasteiger partial charge on any atom is -0.497 e. The van der Waals surface area contributed by atoms with Gasteiger partial charge in [-0.2, -0.15) is 0 Å². The van der Waals surface area contributed by atoms with Gasteiger partial charge in [-0.25, -0.2) is 0 Å². The second-order valence-electron chi connectivity index (χ2n) is 6.44. The zero-order valence-corrected chi connectivity index (χ0v) is 14.1. The molecule has 0 fully saturated rings. The van der Waals surface area contributed by atoms with E-state index in [0.717, 1.165) is 24.2 Å². The highest BCUT2D eigenvalue weighted by Crippen LogP contribution is 2.15. The molecule has 23 heavy (non-hydrogen) atoms. The lowest BCUT2D eigenvalue weighted by molar-refractivity contribution is -0.122. The fourth-order valence-corrected chi connectivity index (χ4v) is 2.64. The van der Waals surface area contributed by atoms with Crippen molar-refractivity contribution < 1.29 is 9.53 Å². The zero-order chi connectivity index (χ0) is 16.7. The summed E-state index contributed by atoms with van der Waals surface area (Å²) in [7, 11) is 1.65. The van der Waals surface area contributed by atoms with Crippen LogP contribution in [0.4, 0.5) is 0 Å². The molecule has 1 N–H and O–H groups in total. The van der Waals surface area contributed by atoms with Crippen molar-refractivity contribution in [1.82, 2.24) is 5.32 Å². The summed E-state index contributed by atoms with van der Waals surface area (Å²) in [6.07, 6.45) is 2.05. The molecular formula is C20H25NO2. The highest BCUT2D eigenvalue weighted by Gasteiger charge is 2.20. The van der Waals surface area contributed by atoms with Crippen molar-refractivity contribution in [2.24, 2.45) is 0 Å². The summed E-state index contributed by atoms with van der Waals surface area (Å²) in [4.78, 5) is 12.2. The molecule has 0 heterocycles. The minimum atomic E-state index is -0.252. The van der Waals surface area contributed by atoms with Gasteiger partial charge in [-0.15, -0.1) is 0 Å². The van der Waals surface area contributed by atoms with Crippen LogP contribution in [-0.2, 0) is 17.6 Å². The average Bonchev–Trinajstić information content (AvgIpc) is 2.53. The molecule has 1 amide bonds. The number of hydrogen-bond acceptors (Lipinski definition) is 2. The summed E-state index contributed by atoms with van der Waals surface area (Å²) in [5.74, 6) is 0.920. The zero-order valence-electron chi connectivity index (χ0n) is 14.1. The topological polar surface area (TPSA) is 38.3 Å². The van der Waals surface area contributed by atoms with Crippen molar-refractivity contribution in [3.63, 3.8) is 0 Å². The molecule has 3 nitrogen and oxygen atoms in total. The van der Waals surface area contributed by atoms with Crippen molar-refractivity contribution in [3.05, 3.63) is 65.7 Å². The number of benzene rings is 2. The van der Waals surface area contributed by atoms with E-state index in [9.17, 15) is 4.79 Å². The summed E-state index contributed by atoms with van der Waals surface area (Å²) < 4.78 is 5.14. The first-order valence-electron chi connectivity index (χ1n) is 7.96. The predicted octanol–water partition coefficient (Wildman–Crippen LogP) is 3.77. The first-order valence-corrected chi connectivity index (χ1v) is 7.96. The van der Waals surface area contributed by atoms with Gasteiger partial charge in [-0.05, 0) is 49.9 Å². The molecule has 0 bridgehead atoms. The van der Waals surface area contributed by atoms with Gasteiger partial charge >= 0.3 is 0 Å². The van der Waals surface area contributed by atoms with Gasteiger partial charge in [0.05, 0.1) is 7.11 Å². The van der Waals surface area contributed by atoms with Crippen molar-refractivity contribution in [2.75, 3.05) is 7.11 Å². The third-order valence-corrected chi connectivity index (χ3v) is 3.77. The SMILES string of the molecule is COc1ccc(CCC(=O)NC(C)(C)Cc2ccccc2)cc1. The second kappa shape index (κ2) is 7.82. The molecule has 0 atom stereocenters. The van der Waals surface area contributed by atoms with Gasteiger partial charge < -0.3 is 10.1 Å². The number of hydrogen-bond donors (Lipinski definition) is 1. The monoisotopic (exact) mass is 311 g/mol. The predicted molar refractivity (Wildman–Crippen MR) is 93.7 cm³/mol. The van der Waals surface area contributed by atoms with E-state index in [-0.39, 0.29) is 11.4 Å². The minimum absolute atomic E-state index is 0.0850. The molecule has 2 rings (SSSR count). The van der Waals surface area contributed by atoms with Crippen LogP contribution in [-0.4, -0.2) is 18.6 Å². The van der Waals surface area contributed by atoms with E-state index < -0.39 is 0 Å². The van der Waals surface area contributed by atoms with Crippen LogP contribution in [0.15, 0.2) is 54.6 Å². The molecule has 2 aromatic carbocycles. The van der Waals surface area contributed by atoms with Crippen LogP contribution in [0.3, 0.4) is 0 Å². The van der Waals surface area contributed by atoms with Crippen molar-refractivity contribution >= 4 is 5.91 Å². The van der Waals surface area contributed by atoms with E-state index >= 15 is 0 Å². The Hall–Kier alpha value is -2.29. The van der Waals surface area contributed by atoms with Crippen molar-refractivity contribution in [2.45, 2.75) is 38.6 Å². The van der Waals surface area contributed by atoms with E-state index in [0.29, 0.717) is 6.42 Å². The Kier molecular flexibility index (Phi) is 5.80. The van der Waals surface area contributed by atoms with Gasteiger partial charge in [0, 0.05) is 12.0 Å². The van der Waals surface area contributed by atoms with Crippen molar-refractivity contribution in [1.29, 1.82) is 0 Å². The molecule has 0 aromatic heterocycles. The van der Waals surface area contributed by atoms with Crippen LogP contribution in [0.25, 0.3) is 0 Å². The lowest BCUT2D eigenvalue weighted by Gasteiger charge is -2.26. The number of carbonyl (C=O) groups is 1. The number of ether oxygens (including phenoxy) is 1. The van der Waals surface area contributed by atoms with Crippen LogP contribution in [0.2, 0.25) is 0 Å². The maximum Gasteiger partial charge on any atom is 0.220 e.